The second kappa shape index (κ2) is 7.50. The van der Waals surface area contributed by atoms with Gasteiger partial charge in [-0.25, -0.2) is 0 Å². The van der Waals surface area contributed by atoms with Crippen LogP contribution in [0.3, 0.4) is 0 Å². The molecule has 0 unspecified atom stereocenters. The third kappa shape index (κ3) is 3.55. The van der Waals surface area contributed by atoms with Gasteiger partial charge in [0.25, 0.3) is 0 Å². The van der Waals surface area contributed by atoms with Crippen LogP contribution in [0.25, 0.3) is 0 Å². The SMILES string of the molecule is Cc1nn(Cc2ccc(Cl)cc2Cl)c(C)c1NC(=O)[C@H]1[C@H](C(=O)O)[C@H]2C=C[C@H]1C2. The maximum absolute atomic E-state index is 13.0. The van der Waals surface area contributed by atoms with E-state index in [2.05, 4.69) is 10.4 Å². The van der Waals surface area contributed by atoms with Crippen LogP contribution < -0.4 is 5.32 Å². The fourth-order valence-electron chi connectivity index (χ4n) is 4.57. The molecule has 2 aromatic rings. The van der Waals surface area contributed by atoms with E-state index in [1.165, 1.54) is 0 Å². The number of nitrogens with zero attached hydrogens (tertiary/aromatic N) is 2. The van der Waals surface area contributed by atoms with Gasteiger partial charge in [0.15, 0.2) is 0 Å². The number of aromatic nitrogens is 2. The van der Waals surface area contributed by atoms with Crippen molar-refractivity contribution in [2.45, 2.75) is 26.8 Å². The number of carbonyl (C=O) groups excluding carboxylic acids is 1. The van der Waals surface area contributed by atoms with Crippen molar-refractivity contribution in [3.63, 3.8) is 0 Å². The van der Waals surface area contributed by atoms with Crippen molar-refractivity contribution in [3.8, 4) is 0 Å². The number of amides is 1. The predicted molar refractivity (Wildman–Crippen MR) is 111 cm³/mol. The van der Waals surface area contributed by atoms with Crippen LogP contribution in [0, 0.1) is 37.5 Å². The van der Waals surface area contributed by atoms with Crippen LogP contribution in [0.5, 0.6) is 0 Å². The standard InChI is InChI=1S/C21H21Cl2N3O3/c1-10-19(11(2)26(25-10)9-14-5-6-15(22)8-16(14)23)24-20(27)17-12-3-4-13(7-12)18(17)21(28)29/h3-6,8,12-13,17-18H,7,9H2,1-2H3,(H,24,27)(H,28,29)/t12-,13-,17+,18+/m0/s1. The number of hydrogen-bond donors (Lipinski definition) is 2. The molecule has 0 saturated heterocycles. The molecule has 0 spiro atoms. The first-order valence-corrected chi connectivity index (χ1v) is 10.2. The summed E-state index contributed by atoms with van der Waals surface area (Å²) < 4.78 is 1.77. The summed E-state index contributed by atoms with van der Waals surface area (Å²) in [5, 5.41) is 18.2. The van der Waals surface area contributed by atoms with Crippen molar-refractivity contribution in [1.82, 2.24) is 9.78 Å². The lowest BCUT2D eigenvalue weighted by atomic mass is 9.82. The Morgan fingerprint density at radius 1 is 1.21 bits per heavy atom. The van der Waals surface area contributed by atoms with E-state index in [1.54, 1.807) is 16.8 Å². The third-order valence-corrected chi connectivity index (χ3v) is 6.60. The van der Waals surface area contributed by atoms with E-state index >= 15 is 0 Å². The molecule has 29 heavy (non-hydrogen) atoms. The molecule has 152 valence electrons. The number of benzene rings is 1. The number of carboxylic acids is 1. The smallest absolute Gasteiger partial charge is 0.307 e. The minimum Gasteiger partial charge on any atom is -0.481 e. The quantitative estimate of drug-likeness (QED) is 0.687. The third-order valence-electron chi connectivity index (χ3n) is 6.01. The zero-order valence-electron chi connectivity index (χ0n) is 16.0. The predicted octanol–water partition coefficient (Wildman–Crippen LogP) is 4.32. The van der Waals surface area contributed by atoms with Crippen molar-refractivity contribution in [2.24, 2.45) is 23.7 Å². The van der Waals surface area contributed by atoms with E-state index in [0.29, 0.717) is 28.0 Å². The highest BCUT2D eigenvalue weighted by molar-refractivity contribution is 6.35. The molecule has 0 radical (unpaired) electrons. The maximum Gasteiger partial charge on any atom is 0.307 e. The van der Waals surface area contributed by atoms with Gasteiger partial charge in [-0.3, -0.25) is 14.3 Å². The Hall–Kier alpha value is -2.31. The summed E-state index contributed by atoms with van der Waals surface area (Å²) in [6, 6.07) is 5.30. The van der Waals surface area contributed by atoms with Gasteiger partial charge < -0.3 is 10.4 Å². The number of halogens is 2. The maximum atomic E-state index is 13.0. The Balaban J connectivity index is 1.56. The van der Waals surface area contributed by atoms with Crippen LogP contribution in [0.2, 0.25) is 10.0 Å². The van der Waals surface area contributed by atoms with E-state index in [1.807, 2.05) is 32.1 Å². The minimum absolute atomic E-state index is 0.0235. The van der Waals surface area contributed by atoms with Crippen LogP contribution >= 0.6 is 23.2 Å². The first-order valence-electron chi connectivity index (χ1n) is 9.46. The second-order valence-electron chi connectivity index (χ2n) is 7.77. The van der Waals surface area contributed by atoms with Crippen molar-refractivity contribution >= 4 is 40.8 Å². The van der Waals surface area contributed by atoms with Gasteiger partial charge in [-0.05, 0) is 49.8 Å². The molecule has 4 rings (SSSR count). The van der Waals surface area contributed by atoms with Crippen LogP contribution in [-0.2, 0) is 16.1 Å². The number of rotatable bonds is 5. The fraction of sp³-hybridized carbons (Fsp3) is 0.381. The lowest BCUT2D eigenvalue weighted by molar-refractivity contribution is -0.146. The number of nitrogens with one attached hydrogen (secondary N) is 1. The average molecular weight is 434 g/mol. The number of hydrogen-bond acceptors (Lipinski definition) is 3. The largest absolute Gasteiger partial charge is 0.481 e. The molecule has 8 heteroatoms. The highest BCUT2D eigenvalue weighted by atomic mass is 35.5. The zero-order valence-corrected chi connectivity index (χ0v) is 17.5. The number of carboxylic acid groups (broad SMARTS) is 1. The topological polar surface area (TPSA) is 84.2 Å². The Bertz CT molecular complexity index is 1030. The van der Waals surface area contributed by atoms with E-state index in [0.717, 1.165) is 17.7 Å². The molecule has 1 aromatic heterocycles. The Labute approximate surface area is 178 Å². The summed E-state index contributed by atoms with van der Waals surface area (Å²) in [4.78, 5) is 24.7. The Morgan fingerprint density at radius 2 is 1.90 bits per heavy atom. The first-order chi connectivity index (χ1) is 13.8. The van der Waals surface area contributed by atoms with E-state index in [9.17, 15) is 14.7 Å². The van der Waals surface area contributed by atoms with E-state index in [4.69, 9.17) is 23.2 Å². The molecule has 2 aliphatic carbocycles. The number of aliphatic carboxylic acids is 1. The van der Waals surface area contributed by atoms with Crippen LogP contribution in [0.4, 0.5) is 5.69 Å². The molecule has 1 heterocycles. The lowest BCUT2D eigenvalue weighted by Gasteiger charge is -2.23. The Kier molecular flexibility index (Phi) is 5.17. The highest BCUT2D eigenvalue weighted by Crippen LogP contribution is 2.48. The number of aryl methyl sites for hydroxylation is 1. The zero-order chi connectivity index (χ0) is 20.9. The summed E-state index contributed by atoms with van der Waals surface area (Å²) in [6.45, 7) is 4.12. The van der Waals surface area contributed by atoms with Gasteiger partial charge in [-0.15, -0.1) is 0 Å². The highest BCUT2D eigenvalue weighted by Gasteiger charge is 2.51. The molecule has 2 aliphatic rings. The van der Waals surface area contributed by atoms with Gasteiger partial charge in [-0.2, -0.15) is 5.10 Å². The minimum atomic E-state index is -0.913. The number of carbonyl (C=O) groups is 2. The molecule has 2 bridgehead atoms. The molecule has 4 atom stereocenters. The second-order valence-corrected chi connectivity index (χ2v) is 8.61. The molecule has 1 saturated carbocycles. The molecular weight excluding hydrogens is 413 g/mol. The van der Waals surface area contributed by atoms with Gasteiger partial charge >= 0.3 is 5.97 Å². The summed E-state index contributed by atoms with van der Waals surface area (Å²) in [6.07, 6.45) is 4.62. The lowest BCUT2D eigenvalue weighted by Crippen LogP contribution is -2.36. The van der Waals surface area contributed by atoms with Gasteiger partial charge in [0.05, 0.1) is 35.5 Å². The van der Waals surface area contributed by atoms with Crippen LogP contribution in [0.1, 0.15) is 23.4 Å². The summed E-state index contributed by atoms with van der Waals surface area (Å²) in [5.74, 6) is -2.49. The van der Waals surface area contributed by atoms with Gasteiger partial charge in [0.2, 0.25) is 5.91 Å². The monoisotopic (exact) mass is 433 g/mol. The first kappa shape index (κ1) is 20.0. The van der Waals surface area contributed by atoms with Gasteiger partial charge in [0.1, 0.15) is 0 Å². The molecule has 1 fully saturated rings. The van der Waals surface area contributed by atoms with Gasteiger partial charge in [0, 0.05) is 10.0 Å². The summed E-state index contributed by atoms with van der Waals surface area (Å²) in [7, 11) is 0. The molecule has 6 nitrogen and oxygen atoms in total. The molecule has 2 N–H and O–H groups in total. The Morgan fingerprint density at radius 3 is 2.55 bits per heavy atom. The molecule has 1 aromatic carbocycles. The number of allylic oxidation sites excluding steroid dienone is 2. The van der Waals surface area contributed by atoms with Crippen molar-refractivity contribution in [1.29, 1.82) is 0 Å². The number of anilines is 1. The van der Waals surface area contributed by atoms with Crippen molar-refractivity contribution < 1.29 is 14.7 Å². The van der Waals surface area contributed by atoms with Gasteiger partial charge in [-0.1, -0.05) is 41.4 Å². The van der Waals surface area contributed by atoms with E-state index < -0.39 is 17.8 Å². The number of fused-ring (bicyclic) bond motifs is 2. The summed E-state index contributed by atoms with van der Waals surface area (Å²) in [5.41, 5.74) is 2.94. The average Bonchev–Trinajstić information content (AvgIpc) is 3.34. The van der Waals surface area contributed by atoms with Crippen LogP contribution in [0.15, 0.2) is 30.4 Å². The fourth-order valence-corrected chi connectivity index (χ4v) is 5.03. The van der Waals surface area contributed by atoms with Crippen molar-refractivity contribution in [2.75, 3.05) is 5.32 Å². The summed E-state index contributed by atoms with van der Waals surface area (Å²) >= 11 is 12.2. The van der Waals surface area contributed by atoms with E-state index in [-0.39, 0.29) is 17.7 Å². The van der Waals surface area contributed by atoms with Crippen LogP contribution in [-0.4, -0.2) is 26.8 Å². The molecular formula is C21H21Cl2N3O3. The molecule has 0 aliphatic heterocycles. The normalized spacial score (nSPS) is 24.8. The molecule has 1 amide bonds. The van der Waals surface area contributed by atoms with Crippen molar-refractivity contribution in [3.05, 3.63) is 57.3 Å².